The first kappa shape index (κ1) is 17.7. The number of benzene rings is 1. The van der Waals surface area contributed by atoms with E-state index in [1.165, 1.54) is 11.1 Å². The molecule has 1 saturated heterocycles. The minimum atomic E-state index is -0.0633. The van der Waals surface area contributed by atoms with E-state index in [4.69, 9.17) is 0 Å². The number of hydrogen-bond donors (Lipinski definition) is 0. The Bertz CT molecular complexity index is 723. The summed E-state index contributed by atoms with van der Waals surface area (Å²) in [5.74, 6) is 0. The van der Waals surface area contributed by atoms with E-state index in [0.717, 1.165) is 32.7 Å². The molecular formula is C20H27N5. The first-order chi connectivity index (χ1) is 12.0. The summed E-state index contributed by atoms with van der Waals surface area (Å²) in [7, 11) is 0. The summed E-state index contributed by atoms with van der Waals surface area (Å²) in [6.07, 6.45) is 4.07. The molecule has 0 spiro atoms. The number of piperazine rings is 1. The molecule has 1 atom stereocenters. The molecular weight excluding hydrogens is 310 g/mol. The minimum Gasteiger partial charge on any atom is -0.295 e. The smallest absolute Gasteiger partial charge is 0.111 e. The number of nitriles is 1. The van der Waals surface area contributed by atoms with Crippen molar-refractivity contribution < 1.29 is 0 Å². The Balaban J connectivity index is 1.60. The van der Waals surface area contributed by atoms with E-state index < -0.39 is 0 Å². The lowest BCUT2D eigenvalue weighted by Crippen LogP contribution is -2.51. The van der Waals surface area contributed by atoms with Crippen LogP contribution in [0.3, 0.4) is 0 Å². The average molecular weight is 337 g/mol. The van der Waals surface area contributed by atoms with Gasteiger partial charge in [0.25, 0.3) is 0 Å². The van der Waals surface area contributed by atoms with Crippen molar-refractivity contribution >= 4 is 0 Å². The van der Waals surface area contributed by atoms with E-state index in [-0.39, 0.29) is 11.6 Å². The van der Waals surface area contributed by atoms with Crippen LogP contribution in [-0.2, 0) is 18.6 Å². The van der Waals surface area contributed by atoms with Gasteiger partial charge >= 0.3 is 0 Å². The zero-order valence-corrected chi connectivity index (χ0v) is 15.4. The second-order valence-electron chi connectivity index (χ2n) is 7.80. The Morgan fingerprint density at radius 2 is 1.88 bits per heavy atom. The number of rotatable bonds is 4. The van der Waals surface area contributed by atoms with Gasteiger partial charge in [0.2, 0.25) is 0 Å². The zero-order chi connectivity index (χ0) is 17.9. The average Bonchev–Trinajstić information content (AvgIpc) is 3.06. The first-order valence-electron chi connectivity index (χ1n) is 8.90. The molecule has 0 radical (unpaired) electrons. The van der Waals surface area contributed by atoms with Crippen LogP contribution in [0.15, 0.2) is 42.7 Å². The van der Waals surface area contributed by atoms with Crippen LogP contribution >= 0.6 is 0 Å². The van der Waals surface area contributed by atoms with Crippen molar-refractivity contribution in [3.05, 3.63) is 53.9 Å². The molecule has 0 aliphatic carbocycles. The molecule has 5 heteroatoms. The van der Waals surface area contributed by atoms with Crippen molar-refractivity contribution in [2.45, 2.75) is 45.4 Å². The van der Waals surface area contributed by atoms with Crippen molar-refractivity contribution in [1.82, 2.24) is 19.6 Å². The third-order valence-electron chi connectivity index (χ3n) is 4.68. The normalized spacial score (nSPS) is 19.7. The summed E-state index contributed by atoms with van der Waals surface area (Å²) < 4.78 is 2.01. The van der Waals surface area contributed by atoms with E-state index in [2.05, 4.69) is 72.2 Å². The highest BCUT2D eigenvalue weighted by Gasteiger charge is 2.27. The van der Waals surface area contributed by atoms with Crippen LogP contribution in [0.2, 0.25) is 0 Å². The third-order valence-corrected chi connectivity index (χ3v) is 4.68. The van der Waals surface area contributed by atoms with Gasteiger partial charge in [-0.15, -0.1) is 0 Å². The molecule has 132 valence electrons. The molecule has 5 nitrogen and oxygen atoms in total. The Kier molecular flexibility index (Phi) is 5.22. The zero-order valence-electron chi connectivity index (χ0n) is 15.4. The molecule has 3 rings (SSSR count). The minimum absolute atomic E-state index is 0.00181. The molecule has 1 aromatic carbocycles. The van der Waals surface area contributed by atoms with Gasteiger partial charge in [-0.1, -0.05) is 30.3 Å². The van der Waals surface area contributed by atoms with Gasteiger partial charge in [0.1, 0.15) is 6.04 Å². The van der Waals surface area contributed by atoms with Crippen molar-refractivity contribution in [1.29, 1.82) is 5.26 Å². The van der Waals surface area contributed by atoms with Crippen LogP contribution in [0.1, 0.15) is 31.9 Å². The second kappa shape index (κ2) is 7.38. The predicted molar refractivity (Wildman–Crippen MR) is 98.8 cm³/mol. The number of hydrogen-bond acceptors (Lipinski definition) is 4. The lowest BCUT2D eigenvalue weighted by molar-refractivity contribution is 0.0901. The van der Waals surface area contributed by atoms with Crippen molar-refractivity contribution in [3.8, 4) is 6.07 Å². The highest BCUT2D eigenvalue weighted by atomic mass is 15.3. The lowest BCUT2D eigenvalue weighted by atomic mass is 10.1. The van der Waals surface area contributed by atoms with Gasteiger partial charge < -0.3 is 0 Å². The summed E-state index contributed by atoms with van der Waals surface area (Å²) in [6.45, 7) is 10.8. The van der Waals surface area contributed by atoms with E-state index in [1.54, 1.807) is 0 Å². The van der Waals surface area contributed by atoms with Gasteiger partial charge in [0, 0.05) is 44.5 Å². The Morgan fingerprint density at radius 1 is 1.12 bits per heavy atom. The summed E-state index contributed by atoms with van der Waals surface area (Å²) in [4.78, 5) is 4.64. The van der Waals surface area contributed by atoms with Crippen molar-refractivity contribution in [2.75, 3.05) is 19.6 Å². The van der Waals surface area contributed by atoms with Gasteiger partial charge in [-0.3, -0.25) is 14.5 Å². The molecule has 0 amide bonds. The van der Waals surface area contributed by atoms with Gasteiger partial charge in [-0.25, -0.2) is 0 Å². The third kappa shape index (κ3) is 4.47. The maximum atomic E-state index is 9.60. The molecule has 25 heavy (non-hydrogen) atoms. The van der Waals surface area contributed by atoms with Gasteiger partial charge in [0.15, 0.2) is 0 Å². The van der Waals surface area contributed by atoms with Gasteiger partial charge in [-0.05, 0) is 26.3 Å². The highest BCUT2D eigenvalue weighted by Crippen LogP contribution is 2.18. The monoisotopic (exact) mass is 337 g/mol. The summed E-state index contributed by atoms with van der Waals surface area (Å²) >= 11 is 0. The molecule has 0 saturated carbocycles. The van der Waals surface area contributed by atoms with E-state index in [0.29, 0.717) is 0 Å². The van der Waals surface area contributed by atoms with Crippen LogP contribution < -0.4 is 0 Å². The highest BCUT2D eigenvalue weighted by molar-refractivity contribution is 5.15. The maximum Gasteiger partial charge on any atom is 0.111 e. The van der Waals surface area contributed by atoms with E-state index in [1.807, 2.05) is 16.9 Å². The van der Waals surface area contributed by atoms with Crippen LogP contribution in [0.4, 0.5) is 0 Å². The Morgan fingerprint density at radius 3 is 2.52 bits per heavy atom. The molecule has 2 aromatic rings. The predicted octanol–water partition coefficient (Wildman–Crippen LogP) is 2.85. The number of nitrogens with zero attached hydrogens (tertiary/aromatic N) is 5. The lowest BCUT2D eigenvalue weighted by Gasteiger charge is -2.38. The fourth-order valence-electron chi connectivity index (χ4n) is 3.22. The summed E-state index contributed by atoms with van der Waals surface area (Å²) in [5.41, 5.74) is 2.48. The molecule has 1 aliphatic heterocycles. The van der Waals surface area contributed by atoms with Gasteiger partial charge in [0.05, 0.1) is 17.8 Å². The molecule has 0 N–H and O–H groups in total. The Hall–Kier alpha value is -2.16. The van der Waals surface area contributed by atoms with Crippen LogP contribution in [0.5, 0.6) is 0 Å². The fraction of sp³-hybridized carbons (Fsp3) is 0.500. The van der Waals surface area contributed by atoms with Crippen LogP contribution in [0.25, 0.3) is 0 Å². The SMILES string of the molecule is CC(C)(C)n1cc(CN2CCN(Cc3ccccc3)[C@H](C#N)C2)cn1. The molecule has 0 bridgehead atoms. The quantitative estimate of drug-likeness (QED) is 0.861. The second-order valence-corrected chi connectivity index (χ2v) is 7.80. The number of aromatic nitrogens is 2. The van der Waals surface area contributed by atoms with Crippen molar-refractivity contribution in [2.24, 2.45) is 0 Å². The molecule has 2 heterocycles. The molecule has 0 unspecified atom stereocenters. The standard InChI is InChI=1S/C20H27N5/c1-20(2,3)25-15-18(12-22-25)13-23-9-10-24(19(11-21)16-23)14-17-7-5-4-6-8-17/h4-8,12,15,19H,9-10,13-14,16H2,1-3H3/t19-/m1/s1. The Labute approximate surface area is 150 Å². The molecule has 1 aliphatic rings. The van der Waals surface area contributed by atoms with Crippen molar-refractivity contribution in [3.63, 3.8) is 0 Å². The van der Waals surface area contributed by atoms with E-state index in [9.17, 15) is 5.26 Å². The topological polar surface area (TPSA) is 48.1 Å². The van der Waals surface area contributed by atoms with Crippen LogP contribution in [0, 0.1) is 11.3 Å². The van der Waals surface area contributed by atoms with Gasteiger partial charge in [-0.2, -0.15) is 10.4 Å². The summed E-state index contributed by atoms with van der Waals surface area (Å²) in [6, 6.07) is 12.8. The molecule has 1 aromatic heterocycles. The first-order valence-corrected chi connectivity index (χ1v) is 8.90. The summed E-state index contributed by atoms with van der Waals surface area (Å²) in [5, 5.41) is 14.1. The maximum absolute atomic E-state index is 9.60. The largest absolute Gasteiger partial charge is 0.295 e. The fourth-order valence-corrected chi connectivity index (χ4v) is 3.22. The molecule has 1 fully saturated rings. The van der Waals surface area contributed by atoms with Crippen LogP contribution in [-0.4, -0.2) is 45.3 Å². The van der Waals surface area contributed by atoms with E-state index >= 15 is 0 Å².